The Balaban J connectivity index is 1.92. The van der Waals surface area contributed by atoms with Crippen LogP contribution < -0.4 is 10.6 Å². The monoisotopic (exact) mass is 390 g/mol. The summed E-state index contributed by atoms with van der Waals surface area (Å²) < 4.78 is 1.79. The second-order valence-electron chi connectivity index (χ2n) is 7.07. The van der Waals surface area contributed by atoms with Crippen molar-refractivity contribution >= 4 is 34.5 Å². The lowest BCUT2D eigenvalue weighted by Crippen LogP contribution is -2.39. The summed E-state index contributed by atoms with van der Waals surface area (Å²) in [6.45, 7) is 5.60. The predicted octanol–water partition coefficient (Wildman–Crippen LogP) is 2.91. The number of imidazole rings is 1. The smallest absolute Gasteiger partial charge is 0.227 e. The molecule has 0 bridgehead atoms. The molecule has 1 aromatic carbocycles. The van der Waals surface area contributed by atoms with Crippen molar-refractivity contribution < 1.29 is 10.2 Å². The summed E-state index contributed by atoms with van der Waals surface area (Å²) >= 11 is 6.01. The van der Waals surface area contributed by atoms with Gasteiger partial charge in [0, 0.05) is 24.2 Å². The number of halogens is 1. The van der Waals surface area contributed by atoms with E-state index < -0.39 is 5.60 Å². The van der Waals surface area contributed by atoms with Crippen LogP contribution in [0.25, 0.3) is 11.2 Å². The third-order valence-electron chi connectivity index (χ3n) is 4.45. The van der Waals surface area contributed by atoms with Gasteiger partial charge in [0.05, 0.1) is 18.0 Å². The Morgan fingerprint density at radius 3 is 2.74 bits per heavy atom. The number of phenols is 1. The summed E-state index contributed by atoms with van der Waals surface area (Å²) in [6.07, 6.45) is 1.66. The van der Waals surface area contributed by atoms with Gasteiger partial charge in [-0.2, -0.15) is 9.97 Å². The normalized spacial score (nSPS) is 13.0. The maximum absolute atomic E-state index is 10.2. The van der Waals surface area contributed by atoms with Crippen LogP contribution in [0, 0.1) is 0 Å². The minimum atomic E-state index is -0.940. The number of aromatic hydroxyl groups is 1. The molecule has 0 aliphatic carbocycles. The third kappa shape index (κ3) is 4.23. The maximum atomic E-state index is 10.2. The number of hydrogen-bond acceptors (Lipinski definition) is 7. The Bertz CT molecular complexity index is 966. The van der Waals surface area contributed by atoms with Gasteiger partial charge in [0.25, 0.3) is 0 Å². The first kappa shape index (κ1) is 19.2. The van der Waals surface area contributed by atoms with Crippen LogP contribution in [-0.4, -0.2) is 41.4 Å². The number of fused-ring (bicyclic) bond motifs is 1. The van der Waals surface area contributed by atoms with E-state index in [9.17, 15) is 10.2 Å². The summed E-state index contributed by atoms with van der Waals surface area (Å²) in [5.74, 6) is 1.04. The maximum Gasteiger partial charge on any atom is 0.227 e. The molecule has 0 radical (unpaired) electrons. The summed E-state index contributed by atoms with van der Waals surface area (Å²) in [7, 11) is 1.85. The van der Waals surface area contributed by atoms with Gasteiger partial charge in [0.1, 0.15) is 5.75 Å². The fraction of sp³-hybridized carbons (Fsp3) is 0.389. The van der Waals surface area contributed by atoms with Crippen LogP contribution in [0.3, 0.4) is 0 Å². The molecule has 0 amide bonds. The second-order valence-corrected chi connectivity index (χ2v) is 7.51. The van der Waals surface area contributed by atoms with Crippen LogP contribution in [-0.2, 0) is 13.6 Å². The van der Waals surface area contributed by atoms with Gasteiger partial charge in [-0.15, -0.1) is 0 Å². The largest absolute Gasteiger partial charge is 0.508 e. The van der Waals surface area contributed by atoms with Gasteiger partial charge in [-0.05, 0) is 39.0 Å². The highest BCUT2D eigenvalue weighted by Gasteiger charge is 2.23. The van der Waals surface area contributed by atoms with Crippen molar-refractivity contribution in [1.29, 1.82) is 0 Å². The minimum Gasteiger partial charge on any atom is -0.508 e. The number of benzene rings is 1. The summed E-state index contributed by atoms with van der Waals surface area (Å²) in [6, 6.07) is 4.60. The highest BCUT2D eigenvalue weighted by atomic mass is 35.5. The standard InChI is InChI=1S/C18H23ClN6O2/c1-10(18(2,3)27)22-17-23-15(14-16(24-17)25(4)9-21-14)20-8-11-7-12(19)5-6-13(11)26/h5-7,9-10,26-27H,8H2,1-4H3,(H2,20,22,23,24). The molecule has 0 aliphatic rings. The molecular weight excluding hydrogens is 368 g/mol. The Morgan fingerprint density at radius 2 is 2.04 bits per heavy atom. The van der Waals surface area contributed by atoms with Crippen molar-refractivity contribution in [3.05, 3.63) is 35.1 Å². The topological polar surface area (TPSA) is 108 Å². The zero-order valence-electron chi connectivity index (χ0n) is 15.7. The zero-order valence-corrected chi connectivity index (χ0v) is 16.4. The summed E-state index contributed by atoms with van der Waals surface area (Å²) in [5.41, 5.74) is 0.962. The minimum absolute atomic E-state index is 0.146. The van der Waals surface area contributed by atoms with E-state index in [-0.39, 0.29) is 11.8 Å². The molecule has 27 heavy (non-hydrogen) atoms. The third-order valence-corrected chi connectivity index (χ3v) is 4.69. The summed E-state index contributed by atoms with van der Waals surface area (Å²) in [5, 5.41) is 27.0. The van der Waals surface area contributed by atoms with Crippen LogP contribution in [0.1, 0.15) is 26.3 Å². The molecule has 0 fully saturated rings. The van der Waals surface area contributed by atoms with Crippen molar-refractivity contribution in [3.63, 3.8) is 0 Å². The van der Waals surface area contributed by atoms with Crippen LogP contribution in [0.4, 0.5) is 11.8 Å². The van der Waals surface area contributed by atoms with E-state index in [1.807, 2.05) is 14.0 Å². The molecular formula is C18H23ClN6O2. The van der Waals surface area contributed by atoms with Crippen LogP contribution in [0.15, 0.2) is 24.5 Å². The van der Waals surface area contributed by atoms with Crippen molar-refractivity contribution in [3.8, 4) is 5.75 Å². The first-order valence-corrected chi connectivity index (χ1v) is 8.92. The fourth-order valence-electron chi connectivity index (χ4n) is 2.44. The molecule has 1 atom stereocenters. The lowest BCUT2D eigenvalue weighted by molar-refractivity contribution is 0.0646. The van der Waals surface area contributed by atoms with Gasteiger partial charge < -0.3 is 25.4 Å². The van der Waals surface area contributed by atoms with Crippen molar-refractivity contribution in [2.45, 2.75) is 39.0 Å². The second kappa shape index (κ2) is 7.21. The van der Waals surface area contributed by atoms with Crippen LogP contribution >= 0.6 is 11.6 Å². The molecule has 9 heteroatoms. The number of aromatic nitrogens is 4. The number of rotatable bonds is 6. The summed E-state index contributed by atoms with van der Waals surface area (Å²) in [4.78, 5) is 13.3. The van der Waals surface area contributed by atoms with Gasteiger partial charge in [0.15, 0.2) is 17.0 Å². The van der Waals surface area contributed by atoms with Crippen molar-refractivity contribution in [1.82, 2.24) is 19.5 Å². The molecule has 2 heterocycles. The lowest BCUT2D eigenvalue weighted by Gasteiger charge is -2.26. The number of hydrogen-bond donors (Lipinski definition) is 4. The number of aryl methyl sites for hydroxylation is 1. The molecule has 4 N–H and O–H groups in total. The van der Waals surface area contributed by atoms with E-state index in [1.54, 1.807) is 42.9 Å². The molecule has 2 aromatic heterocycles. The van der Waals surface area contributed by atoms with Crippen LogP contribution in [0.5, 0.6) is 5.75 Å². The van der Waals surface area contributed by atoms with Crippen molar-refractivity contribution in [2.24, 2.45) is 7.05 Å². The molecule has 0 spiro atoms. The van der Waals surface area contributed by atoms with Crippen LogP contribution in [0.2, 0.25) is 5.02 Å². The zero-order chi connectivity index (χ0) is 19.8. The van der Waals surface area contributed by atoms with Crippen molar-refractivity contribution in [2.75, 3.05) is 10.6 Å². The SMILES string of the molecule is CC(Nc1nc(NCc2cc(Cl)ccc2O)c2ncn(C)c2n1)C(C)(C)O. The highest BCUT2D eigenvalue weighted by Crippen LogP contribution is 2.25. The van der Waals surface area contributed by atoms with Gasteiger partial charge in [0.2, 0.25) is 5.95 Å². The van der Waals surface area contributed by atoms with Gasteiger partial charge in [-0.25, -0.2) is 4.98 Å². The molecule has 0 aliphatic heterocycles. The number of nitrogens with zero attached hydrogens (tertiary/aromatic N) is 4. The molecule has 1 unspecified atom stereocenters. The van der Waals surface area contributed by atoms with Gasteiger partial charge in [-0.1, -0.05) is 11.6 Å². The Morgan fingerprint density at radius 1 is 1.30 bits per heavy atom. The average Bonchev–Trinajstić information content (AvgIpc) is 2.96. The Labute approximate surface area is 162 Å². The molecule has 3 rings (SSSR count). The van der Waals surface area contributed by atoms with E-state index in [0.717, 1.165) is 0 Å². The number of phenolic OH excluding ortho intramolecular Hbond substituents is 1. The number of nitrogens with one attached hydrogen (secondary N) is 2. The average molecular weight is 391 g/mol. The van der Waals surface area contributed by atoms with E-state index >= 15 is 0 Å². The lowest BCUT2D eigenvalue weighted by atomic mass is 10.0. The quantitative estimate of drug-likeness (QED) is 0.512. The van der Waals surface area contributed by atoms with E-state index in [1.165, 1.54) is 0 Å². The molecule has 0 saturated heterocycles. The van der Waals surface area contributed by atoms with Gasteiger partial charge in [-0.3, -0.25) is 0 Å². The molecule has 0 saturated carbocycles. The number of aliphatic hydroxyl groups is 1. The fourth-order valence-corrected chi connectivity index (χ4v) is 2.63. The first-order valence-electron chi connectivity index (χ1n) is 8.54. The predicted molar refractivity (Wildman–Crippen MR) is 106 cm³/mol. The molecule has 144 valence electrons. The molecule has 8 nitrogen and oxygen atoms in total. The Hall–Kier alpha value is -2.58. The van der Waals surface area contributed by atoms with E-state index in [4.69, 9.17) is 11.6 Å². The first-order chi connectivity index (χ1) is 12.6. The Kier molecular flexibility index (Phi) is 5.12. The molecule has 3 aromatic rings. The van der Waals surface area contributed by atoms with E-state index in [2.05, 4.69) is 25.6 Å². The highest BCUT2D eigenvalue weighted by molar-refractivity contribution is 6.30. The van der Waals surface area contributed by atoms with E-state index in [0.29, 0.717) is 40.1 Å². The number of anilines is 2. The van der Waals surface area contributed by atoms with Gasteiger partial charge >= 0.3 is 0 Å².